The van der Waals surface area contributed by atoms with Gasteiger partial charge >= 0.3 is 6.03 Å². The minimum atomic E-state index is -0.351. The Morgan fingerprint density at radius 1 is 1.17 bits per heavy atom. The Bertz CT molecular complexity index is 864. The number of amides is 3. The van der Waals surface area contributed by atoms with Crippen LogP contribution in [0.4, 0.5) is 14.9 Å². The summed E-state index contributed by atoms with van der Waals surface area (Å²) in [7, 11) is 0. The zero-order valence-corrected chi connectivity index (χ0v) is 15.9. The number of carbonyl (C=O) groups is 2. The number of benzene rings is 1. The summed E-state index contributed by atoms with van der Waals surface area (Å²) in [5, 5.41) is 0. The normalized spacial score (nSPS) is 19.6. The van der Waals surface area contributed by atoms with Gasteiger partial charge < -0.3 is 14.5 Å². The Labute approximate surface area is 167 Å². The predicted molar refractivity (Wildman–Crippen MR) is 103 cm³/mol. The first-order valence-electron chi connectivity index (χ1n) is 9.62. The fourth-order valence-electron chi connectivity index (χ4n) is 3.63. The second kappa shape index (κ2) is 8.42. The highest BCUT2D eigenvalue weighted by molar-refractivity contribution is 5.96. The van der Waals surface area contributed by atoms with E-state index in [1.165, 1.54) is 17.0 Å². The van der Waals surface area contributed by atoms with E-state index in [9.17, 15) is 14.0 Å². The van der Waals surface area contributed by atoms with E-state index >= 15 is 0 Å². The van der Waals surface area contributed by atoms with Gasteiger partial charge in [0.1, 0.15) is 18.5 Å². The van der Waals surface area contributed by atoms with Gasteiger partial charge in [0.15, 0.2) is 0 Å². The Morgan fingerprint density at radius 2 is 2.00 bits per heavy atom. The molecule has 0 N–H and O–H groups in total. The monoisotopic (exact) mass is 399 g/mol. The van der Waals surface area contributed by atoms with Gasteiger partial charge in [-0.3, -0.25) is 14.7 Å². The molecule has 1 unspecified atom stereocenters. The molecule has 0 spiro atoms. The molecule has 2 aliphatic rings. The number of piperidine rings is 1. The van der Waals surface area contributed by atoms with Gasteiger partial charge in [0, 0.05) is 37.7 Å². The van der Waals surface area contributed by atoms with Gasteiger partial charge in [-0.05, 0) is 37.1 Å². The van der Waals surface area contributed by atoms with Gasteiger partial charge in [-0.25, -0.2) is 14.2 Å². The minimum Gasteiger partial charge on any atom is -0.471 e. The third-order valence-corrected chi connectivity index (χ3v) is 5.12. The molecule has 0 bridgehead atoms. The molecule has 1 atom stereocenters. The molecule has 8 nitrogen and oxygen atoms in total. The van der Waals surface area contributed by atoms with E-state index in [1.807, 2.05) is 0 Å². The summed E-state index contributed by atoms with van der Waals surface area (Å²) in [5.74, 6) is -0.0148. The number of aromatic nitrogens is 2. The van der Waals surface area contributed by atoms with E-state index in [2.05, 4.69) is 9.97 Å². The highest BCUT2D eigenvalue weighted by atomic mass is 19.1. The number of rotatable bonds is 5. The first-order chi connectivity index (χ1) is 14.1. The lowest BCUT2D eigenvalue weighted by atomic mass is 10.1. The van der Waals surface area contributed by atoms with Gasteiger partial charge in [0.05, 0.1) is 12.7 Å². The molecule has 0 saturated carbocycles. The van der Waals surface area contributed by atoms with Crippen molar-refractivity contribution < 1.29 is 18.7 Å². The van der Waals surface area contributed by atoms with Crippen LogP contribution in [-0.2, 0) is 4.79 Å². The first kappa shape index (κ1) is 19.1. The third-order valence-electron chi connectivity index (χ3n) is 5.12. The number of ether oxygens (including phenoxy) is 1. The SMILES string of the molecule is O=C(CN1CCN(c2ccc(F)cc2)C1=O)N1CCCC(Oc2cnccn2)C1. The topological polar surface area (TPSA) is 78.9 Å². The molecule has 0 radical (unpaired) electrons. The minimum absolute atomic E-state index is 0.0222. The van der Waals surface area contributed by atoms with E-state index in [0.29, 0.717) is 37.7 Å². The Balaban J connectivity index is 1.33. The maximum absolute atomic E-state index is 13.1. The van der Waals surface area contributed by atoms with Crippen molar-refractivity contribution >= 4 is 17.6 Å². The van der Waals surface area contributed by atoms with Crippen LogP contribution in [0.3, 0.4) is 0 Å². The van der Waals surface area contributed by atoms with Gasteiger partial charge in [-0.2, -0.15) is 0 Å². The maximum atomic E-state index is 13.1. The van der Waals surface area contributed by atoms with E-state index in [4.69, 9.17) is 4.74 Å². The van der Waals surface area contributed by atoms with Crippen molar-refractivity contribution in [2.75, 3.05) is 37.6 Å². The number of carbonyl (C=O) groups excluding carboxylic acids is 2. The number of anilines is 1. The second-order valence-corrected chi connectivity index (χ2v) is 7.10. The average Bonchev–Trinajstić information content (AvgIpc) is 3.10. The Hall–Kier alpha value is -3.23. The fourth-order valence-corrected chi connectivity index (χ4v) is 3.63. The van der Waals surface area contributed by atoms with Crippen LogP contribution >= 0.6 is 0 Å². The molecule has 0 aliphatic carbocycles. The van der Waals surface area contributed by atoms with Crippen LogP contribution in [-0.4, -0.2) is 70.5 Å². The van der Waals surface area contributed by atoms with E-state index in [1.54, 1.807) is 40.5 Å². The molecule has 2 saturated heterocycles. The lowest BCUT2D eigenvalue weighted by Crippen LogP contribution is -2.48. The summed E-state index contributed by atoms with van der Waals surface area (Å²) in [5.41, 5.74) is 0.627. The maximum Gasteiger partial charge on any atom is 0.325 e. The van der Waals surface area contributed by atoms with Crippen molar-refractivity contribution in [2.45, 2.75) is 18.9 Å². The second-order valence-electron chi connectivity index (χ2n) is 7.10. The van der Waals surface area contributed by atoms with Crippen LogP contribution < -0.4 is 9.64 Å². The van der Waals surface area contributed by atoms with E-state index in [0.717, 1.165) is 12.8 Å². The molecule has 4 rings (SSSR count). The molecule has 2 aromatic rings. The molecule has 1 aromatic heterocycles. The standard InChI is InChI=1S/C20H22FN5O3/c21-15-3-5-16(6-4-15)26-11-10-25(20(26)28)14-19(27)24-9-1-2-17(13-24)29-18-12-22-7-8-23-18/h3-8,12,17H,1-2,9-11,13-14H2. The molecular weight excluding hydrogens is 377 g/mol. The summed E-state index contributed by atoms with van der Waals surface area (Å²) in [6, 6.07) is 5.53. The van der Waals surface area contributed by atoms with Crippen molar-refractivity contribution in [1.82, 2.24) is 19.8 Å². The first-order valence-corrected chi connectivity index (χ1v) is 9.62. The van der Waals surface area contributed by atoms with Crippen LogP contribution in [0.5, 0.6) is 5.88 Å². The molecule has 2 aliphatic heterocycles. The zero-order valence-electron chi connectivity index (χ0n) is 15.9. The lowest BCUT2D eigenvalue weighted by molar-refractivity contribution is -0.134. The summed E-state index contributed by atoms with van der Waals surface area (Å²) in [4.78, 5) is 38.3. The highest BCUT2D eigenvalue weighted by Gasteiger charge is 2.33. The summed E-state index contributed by atoms with van der Waals surface area (Å²) in [6.45, 7) is 2.04. The number of nitrogens with zero attached hydrogens (tertiary/aromatic N) is 5. The lowest BCUT2D eigenvalue weighted by Gasteiger charge is -2.33. The van der Waals surface area contributed by atoms with Crippen LogP contribution in [0.25, 0.3) is 0 Å². The molecule has 2 fully saturated rings. The van der Waals surface area contributed by atoms with Crippen molar-refractivity contribution in [2.24, 2.45) is 0 Å². The molecule has 152 valence electrons. The Morgan fingerprint density at radius 3 is 2.76 bits per heavy atom. The molecule has 3 amide bonds. The molecule has 1 aromatic carbocycles. The van der Waals surface area contributed by atoms with E-state index in [-0.39, 0.29) is 30.4 Å². The summed E-state index contributed by atoms with van der Waals surface area (Å²) in [6.07, 6.45) is 6.20. The summed E-state index contributed by atoms with van der Waals surface area (Å²) >= 11 is 0. The highest BCUT2D eigenvalue weighted by Crippen LogP contribution is 2.21. The number of urea groups is 1. The zero-order chi connectivity index (χ0) is 20.2. The molecule has 9 heteroatoms. The van der Waals surface area contributed by atoms with Crippen molar-refractivity contribution in [1.29, 1.82) is 0 Å². The van der Waals surface area contributed by atoms with E-state index < -0.39 is 0 Å². The van der Waals surface area contributed by atoms with Crippen molar-refractivity contribution in [3.8, 4) is 5.88 Å². The average molecular weight is 399 g/mol. The van der Waals surface area contributed by atoms with Gasteiger partial charge in [-0.1, -0.05) is 0 Å². The number of hydrogen-bond donors (Lipinski definition) is 0. The molecule has 3 heterocycles. The van der Waals surface area contributed by atoms with Crippen LogP contribution in [0, 0.1) is 5.82 Å². The molecule has 29 heavy (non-hydrogen) atoms. The van der Waals surface area contributed by atoms with Gasteiger partial charge in [0.2, 0.25) is 11.8 Å². The smallest absolute Gasteiger partial charge is 0.325 e. The van der Waals surface area contributed by atoms with Crippen molar-refractivity contribution in [3.63, 3.8) is 0 Å². The fraction of sp³-hybridized carbons (Fsp3) is 0.400. The van der Waals surface area contributed by atoms with Crippen molar-refractivity contribution in [3.05, 3.63) is 48.7 Å². The van der Waals surface area contributed by atoms with Gasteiger partial charge in [-0.15, -0.1) is 0 Å². The largest absolute Gasteiger partial charge is 0.471 e. The predicted octanol–water partition coefficient (Wildman–Crippen LogP) is 1.93. The van der Waals surface area contributed by atoms with Crippen LogP contribution in [0.15, 0.2) is 42.9 Å². The quantitative estimate of drug-likeness (QED) is 0.768. The van der Waals surface area contributed by atoms with Gasteiger partial charge in [0.25, 0.3) is 0 Å². The number of hydrogen-bond acceptors (Lipinski definition) is 5. The Kier molecular flexibility index (Phi) is 5.55. The number of likely N-dealkylation sites (tertiary alicyclic amines) is 1. The third kappa shape index (κ3) is 4.44. The number of halogens is 1. The molecular formula is C20H22FN5O3. The van der Waals surface area contributed by atoms with Crippen LogP contribution in [0.2, 0.25) is 0 Å². The summed E-state index contributed by atoms with van der Waals surface area (Å²) < 4.78 is 18.9. The van der Waals surface area contributed by atoms with Crippen LogP contribution in [0.1, 0.15) is 12.8 Å².